The van der Waals surface area contributed by atoms with E-state index in [1.54, 1.807) is 28.4 Å². The summed E-state index contributed by atoms with van der Waals surface area (Å²) in [6.45, 7) is 0.634. The number of aliphatic hydroxyl groups excluding tert-OH is 1. The summed E-state index contributed by atoms with van der Waals surface area (Å²) in [6.07, 6.45) is 0.602. The van der Waals surface area contributed by atoms with Gasteiger partial charge in [-0.2, -0.15) is 0 Å². The van der Waals surface area contributed by atoms with Crippen LogP contribution in [0.15, 0.2) is 36.4 Å². The molecule has 0 aromatic heterocycles. The molecule has 1 aliphatic rings. The van der Waals surface area contributed by atoms with Crippen LogP contribution in [0, 0.1) is 11.8 Å². The molecule has 2 aromatic rings. The zero-order chi connectivity index (χ0) is 20.1. The van der Waals surface area contributed by atoms with Gasteiger partial charge in [0.05, 0.1) is 41.2 Å². The fraction of sp³-hybridized carbons (Fsp3) is 0.455. The minimum Gasteiger partial charge on any atom is -0.493 e. The molecule has 3 atom stereocenters. The maximum Gasteiger partial charge on any atom is 0.161 e. The number of aliphatic hydroxyl groups is 1. The van der Waals surface area contributed by atoms with Crippen molar-refractivity contribution in [2.45, 2.75) is 12.5 Å². The number of methoxy groups -OCH3 is 4. The van der Waals surface area contributed by atoms with E-state index < -0.39 is 0 Å². The molecule has 1 fully saturated rings. The van der Waals surface area contributed by atoms with Gasteiger partial charge in [0.2, 0.25) is 0 Å². The van der Waals surface area contributed by atoms with Gasteiger partial charge in [0.25, 0.3) is 0 Å². The molecule has 1 saturated heterocycles. The lowest BCUT2D eigenvalue weighted by molar-refractivity contribution is 0.0717. The van der Waals surface area contributed by atoms with E-state index in [0.717, 1.165) is 17.5 Å². The molecule has 0 amide bonds. The maximum absolute atomic E-state index is 10.1. The fourth-order valence-corrected chi connectivity index (χ4v) is 3.86. The Morgan fingerprint density at radius 1 is 0.857 bits per heavy atom. The molecule has 0 aliphatic carbocycles. The first-order chi connectivity index (χ1) is 13.6. The van der Waals surface area contributed by atoms with E-state index in [9.17, 15) is 5.11 Å². The van der Waals surface area contributed by atoms with Gasteiger partial charge in [-0.25, -0.2) is 0 Å². The van der Waals surface area contributed by atoms with E-state index in [4.69, 9.17) is 23.7 Å². The van der Waals surface area contributed by atoms with Gasteiger partial charge in [0.1, 0.15) is 0 Å². The average Bonchev–Trinajstić information content (AvgIpc) is 3.15. The van der Waals surface area contributed by atoms with Crippen LogP contribution >= 0.6 is 0 Å². The molecular formula is C22H28O6. The molecule has 3 unspecified atom stereocenters. The van der Waals surface area contributed by atoms with Crippen LogP contribution in [0.3, 0.4) is 0 Å². The Morgan fingerprint density at radius 3 is 2.07 bits per heavy atom. The molecular weight excluding hydrogens is 360 g/mol. The second-order valence-corrected chi connectivity index (χ2v) is 6.87. The van der Waals surface area contributed by atoms with Crippen molar-refractivity contribution in [2.75, 3.05) is 41.7 Å². The van der Waals surface area contributed by atoms with E-state index in [1.165, 1.54) is 0 Å². The van der Waals surface area contributed by atoms with Gasteiger partial charge in [-0.15, -0.1) is 0 Å². The van der Waals surface area contributed by atoms with Crippen LogP contribution in [0.5, 0.6) is 23.0 Å². The van der Waals surface area contributed by atoms with Crippen molar-refractivity contribution in [1.29, 1.82) is 0 Å². The SMILES string of the molecule is COc1ccc(CC2COC(c3ccc(OC)c(OC)c3)C2CO)cc1OC. The number of ether oxygens (including phenoxy) is 5. The van der Waals surface area contributed by atoms with Crippen molar-refractivity contribution in [3.63, 3.8) is 0 Å². The minimum atomic E-state index is -0.185. The summed E-state index contributed by atoms with van der Waals surface area (Å²) in [5.41, 5.74) is 2.10. The van der Waals surface area contributed by atoms with E-state index >= 15 is 0 Å². The molecule has 0 bridgehead atoms. The van der Waals surface area contributed by atoms with Crippen LogP contribution in [0.2, 0.25) is 0 Å². The molecule has 152 valence electrons. The Bertz CT molecular complexity index is 791. The predicted octanol–water partition coefficient (Wildman–Crippen LogP) is 3.26. The molecule has 6 nitrogen and oxygen atoms in total. The van der Waals surface area contributed by atoms with Gasteiger partial charge in [-0.3, -0.25) is 0 Å². The third-order valence-electron chi connectivity index (χ3n) is 5.38. The van der Waals surface area contributed by atoms with Crippen LogP contribution in [0.1, 0.15) is 17.2 Å². The van der Waals surface area contributed by atoms with Crippen LogP contribution in [-0.2, 0) is 11.2 Å². The Labute approximate surface area is 165 Å². The first-order valence-corrected chi connectivity index (χ1v) is 9.30. The Kier molecular flexibility index (Phi) is 6.65. The molecule has 0 radical (unpaired) electrons. The van der Waals surface area contributed by atoms with Crippen LogP contribution in [-0.4, -0.2) is 46.8 Å². The van der Waals surface area contributed by atoms with Crippen molar-refractivity contribution >= 4 is 0 Å². The molecule has 1 N–H and O–H groups in total. The second-order valence-electron chi connectivity index (χ2n) is 6.87. The van der Waals surface area contributed by atoms with E-state index in [2.05, 4.69) is 0 Å². The zero-order valence-corrected chi connectivity index (χ0v) is 16.8. The Morgan fingerprint density at radius 2 is 1.46 bits per heavy atom. The molecule has 0 saturated carbocycles. The van der Waals surface area contributed by atoms with Gasteiger partial charge in [0.15, 0.2) is 23.0 Å². The molecule has 1 aliphatic heterocycles. The number of hydrogen-bond donors (Lipinski definition) is 1. The smallest absolute Gasteiger partial charge is 0.161 e. The van der Waals surface area contributed by atoms with Crippen molar-refractivity contribution in [2.24, 2.45) is 11.8 Å². The standard InChI is InChI=1S/C22H28O6/c1-24-18-7-5-14(10-20(18)26-3)9-16-13-28-22(17(16)12-23)15-6-8-19(25-2)21(11-15)27-4/h5-8,10-11,16-17,22-23H,9,12-13H2,1-4H3. The van der Waals surface area contributed by atoms with Gasteiger partial charge < -0.3 is 28.8 Å². The molecule has 1 heterocycles. The first kappa shape index (κ1) is 20.3. The highest BCUT2D eigenvalue weighted by Crippen LogP contribution is 2.42. The lowest BCUT2D eigenvalue weighted by Crippen LogP contribution is -2.21. The fourth-order valence-electron chi connectivity index (χ4n) is 3.86. The summed E-state index contributed by atoms with van der Waals surface area (Å²) in [5.74, 6) is 2.93. The summed E-state index contributed by atoms with van der Waals surface area (Å²) < 4.78 is 27.5. The number of rotatable bonds is 8. The maximum atomic E-state index is 10.1. The third-order valence-corrected chi connectivity index (χ3v) is 5.38. The summed E-state index contributed by atoms with van der Waals surface area (Å²) in [5, 5.41) is 10.1. The monoisotopic (exact) mass is 388 g/mol. The lowest BCUT2D eigenvalue weighted by atomic mass is 9.84. The van der Waals surface area contributed by atoms with Crippen molar-refractivity contribution in [3.05, 3.63) is 47.5 Å². The third kappa shape index (κ3) is 4.03. The van der Waals surface area contributed by atoms with Gasteiger partial charge in [-0.05, 0) is 47.7 Å². The topological polar surface area (TPSA) is 66.4 Å². The second kappa shape index (κ2) is 9.17. The quantitative estimate of drug-likeness (QED) is 0.749. The predicted molar refractivity (Wildman–Crippen MR) is 106 cm³/mol. The van der Waals surface area contributed by atoms with E-state index in [0.29, 0.717) is 29.6 Å². The van der Waals surface area contributed by atoms with E-state index in [1.807, 2.05) is 36.4 Å². The van der Waals surface area contributed by atoms with Crippen LogP contribution in [0.4, 0.5) is 0 Å². The molecule has 2 aromatic carbocycles. The summed E-state index contributed by atoms with van der Waals surface area (Å²) in [6, 6.07) is 11.7. The first-order valence-electron chi connectivity index (χ1n) is 9.30. The van der Waals surface area contributed by atoms with Crippen molar-refractivity contribution in [3.8, 4) is 23.0 Å². The molecule has 0 spiro atoms. The lowest BCUT2D eigenvalue weighted by Gasteiger charge is -2.22. The zero-order valence-electron chi connectivity index (χ0n) is 16.8. The van der Waals surface area contributed by atoms with Gasteiger partial charge in [-0.1, -0.05) is 12.1 Å². The molecule has 6 heteroatoms. The Hall–Kier alpha value is -2.44. The summed E-state index contributed by atoms with van der Waals surface area (Å²) >= 11 is 0. The highest BCUT2D eigenvalue weighted by Gasteiger charge is 2.38. The average molecular weight is 388 g/mol. The van der Waals surface area contributed by atoms with Crippen molar-refractivity contribution < 1.29 is 28.8 Å². The van der Waals surface area contributed by atoms with E-state index in [-0.39, 0.29) is 24.5 Å². The molecule has 3 rings (SSSR count). The highest BCUT2D eigenvalue weighted by molar-refractivity contribution is 5.44. The number of benzene rings is 2. The number of hydrogen-bond acceptors (Lipinski definition) is 6. The Balaban J connectivity index is 1.79. The van der Waals surface area contributed by atoms with Crippen LogP contribution in [0.25, 0.3) is 0 Å². The normalized spacial score (nSPS) is 21.4. The largest absolute Gasteiger partial charge is 0.493 e. The van der Waals surface area contributed by atoms with Gasteiger partial charge in [0, 0.05) is 12.5 Å². The van der Waals surface area contributed by atoms with Gasteiger partial charge >= 0.3 is 0 Å². The van der Waals surface area contributed by atoms with Crippen molar-refractivity contribution in [1.82, 2.24) is 0 Å². The highest BCUT2D eigenvalue weighted by atomic mass is 16.5. The minimum absolute atomic E-state index is 0.00815. The van der Waals surface area contributed by atoms with Crippen LogP contribution < -0.4 is 18.9 Å². The summed E-state index contributed by atoms with van der Waals surface area (Å²) in [4.78, 5) is 0. The molecule has 28 heavy (non-hydrogen) atoms. The summed E-state index contributed by atoms with van der Waals surface area (Å²) in [7, 11) is 6.47.